The number of alkyl carbamates (subject to hydrolysis) is 1. The van der Waals surface area contributed by atoms with Crippen LogP contribution in [0.15, 0.2) is 18.2 Å². The number of hydrogen-bond donors (Lipinski definition) is 1. The van der Waals surface area contributed by atoms with Crippen molar-refractivity contribution in [1.29, 1.82) is 0 Å². The zero-order valence-corrected chi connectivity index (χ0v) is 20.1. The first-order chi connectivity index (χ1) is 12.8. The third kappa shape index (κ3) is 6.63. The number of carbonyl (C=O) groups excluding carboxylic acids is 1. The molecule has 0 saturated carbocycles. The largest absolute Gasteiger partial charge is 0.444 e. The molecule has 0 bridgehead atoms. The molecule has 4 nitrogen and oxygen atoms in total. The summed E-state index contributed by atoms with van der Waals surface area (Å²) in [6.45, 7) is 18.5. The molecular formula is C23H39NO3Si. The lowest BCUT2D eigenvalue weighted by Crippen LogP contribution is -2.42. The van der Waals surface area contributed by atoms with Crippen LogP contribution in [0.4, 0.5) is 4.79 Å². The maximum absolute atomic E-state index is 11.8. The fraction of sp³-hybridized carbons (Fsp3) is 0.696. The lowest BCUT2D eigenvalue weighted by molar-refractivity contribution is 0.0523. The van der Waals surface area contributed by atoms with Crippen molar-refractivity contribution in [3.8, 4) is 0 Å². The van der Waals surface area contributed by atoms with Gasteiger partial charge in [0.05, 0.1) is 0 Å². The number of amides is 1. The molecule has 0 radical (unpaired) electrons. The van der Waals surface area contributed by atoms with Crippen LogP contribution in [0.5, 0.6) is 0 Å². The van der Waals surface area contributed by atoms with E-state index in [1.165, 1.54) is 17.5 Å². The second kappa shape index (κ2) is 8.58. The van der Waals surface area contributed by atoms with Crippen LogP contribution in [0.1, 0.15) is 64.7 Å². The summed E-state index contributed by atoms with van der Waals surface area (Å²) in [5.41, 5.74) is 3.49. The van der Waals surface area contributed by atoms with Crippen molar-refractivity contribution in [2.45, 2.75) is 91.1 Å². The first-order valence-corrected chi connectivity index (χ1v) is 13.4. The molecule has 0 spiro atoms. The minimum Gasteiger partial charge on any atom is -0.444 e. The van der Waals surface area contributed by atoms with E-state index < -0.39 is 13.9 Å². The first-order valence-electron chi connectivity index (χ1n) is 10.5. The highest BCUT2D eigenvalue weighted by Gasteiger charge is 2.37. The van der Waals surface area contributed by atoms with Gasteiger partial charge in [-0.2, -0.15) is 0 Å². The van der Waals surface area contributed by atoms with E-state index in [0.717, 1.165) is 25.0 Å². The fourth-order valence-electron chi connectivity index (χ4n) is 3.17. The van der Waals surface area contributed by atoms with Crippen LogP contribution in [0.2, 0.25) is 18.1 Å². The van der Waals surface area contributed by atoms with Crippen LogP contribution in [0, 0.1) is 5.92 Å². The van der Waals surface area contributed by atoms with Gasteiger partial charge in [0.15, 0.2) is 8.32 Å². The molecule has 5 heteroatoms. The van der Waals surface area contributed by atoms with Gasteiger partial charge in [0, 0.05) is 13.2 Å². The van der Waals surface area contributed by atoms with E-state index in [4.69, 9.17) is 9.16 Å². The second-order valence-electron chi connectivity index (χ2n) is 10.6. The summed E-state index contributed by atoms with van der Waals surface area (Å²) in [7, 11) is -1.68. The molecule has 0 aromatic heterocycles. The summed E-state index contributed by atoms with van der Waals surface area (Å²) in [5.74, 6) is 0.604. The van der Waals surface area contributed by atoms with Crippen molar-refractivity contribution in [3.05, 3.63) is 34.9 Å². The number of fused-ring (bicyclic) bond motifs is 1. The van der Waals surface area contributed by atoms with Crippen LogP contribution in [-0.2, 0) is 28.5 Å². The standard InChI is InChI=1S/C23H39NO3Si/c1-22(2,3)27-21(25)24-15-17-9-11-20-14-18(10-12-19(20)13-17)16-26-28(7,8)23(4,5)6/h9,11,13,18H,10,12,14-16H2,1-8H3,(H,24,25). The van der Waals surface area contributed by atoms with E-state index in [-0.39, 0.29) is 11.1 Å². The number of rotatable bonds is 5. The Morgan fingerprint density at radius 1 is 1.14 bits per heavy atom. The van der Waals surface area contributed by atoms with Crippen molar-refractivity contribution in [2.24, 2.45) is 5.92 Å². The van der Waals surface area contributed by atoms with Gasteiger partial charge >= 0.3 is 6.09 Å². The van der Waals surface area contributed by atoms with E-state index in [1.54, 1.807) is 0 Å². The van der Waals surface area contributed by atoms with Crippen LogP contribution in [0.25, 0.3) is 0 Å². The van der Waals surface area contributed by atoms with Gasteiger partial charge in [-0.15, -0.1) is 0 Å². The van der Waals surface area contributed by atoms with Crippen molar-refractivity contribution >= 4 is 14.4 Å². The smallest absolute Gasteiger partial charge is 0.407 e. The van der Waals surface area contributed by atoms with E-state index in [9.17, 15) is 4.79 Å². The Kier molecular flexibility index (Phi) is 7.03. The number of benzene rings is 1. The molecule has 0 aliphatic heterocycles. The Hall–Kier alpha value is -1.33. The van der Waals surface area contributed by atoms with Gasteiger partial charge in [0.1, 0.15) is 5.60 Å². The third-order valence-electron chi connectivity index (χ3n) is 5.92. The summed E-state index contributed by atoms with van der Waals surface area (Å²) in [5, 5.41) is 3.11. The summed E-state index contributed by atoms with van der Waals surface area (Å²) in [4.78, 5) is 11.8. The van der Waals surface area contributed by atoms with Crippen LogP contribution in [0.3, 0.4) is 0 Å². The van der Waals surface area contributed by atoms with Crippen molar-refractivity contribution in [2.75, 3.05) is 6.61 Å². The maximum Gasteiger partial charge on any atom is 0.407 e. The summed E-state index contributed by atoms with van der Waals surface area (Å²) in [6, 6.07) is 6.57. The van der Waals surface area contributed by atoms with Gasteiger partial charge < -0.3 is 14.5 Å². The number of hydrogen-bond acceptors (Lipinski definition) is 3. The quantitative estimate of drug-likeness (QED) is 0.626. The fourth-order valence-corrected chi connectivity index (χ4v) is 4.25. The molecule has 1 unspecified atom stereocenters. The predicted octanol–water partition coefficient (Wildman–Crippen LogP) is 5.84. The molecule has 1 aliphatic rings. The number of carbonyl (C=O) groups is 1. The van der Waals surface area contributed by atoms with Crippen molar-refractivity contribution < 1.29 is 14.0 Å². The number of ether oxygens (including phenoxy) is 1. The third-order valence-corrected chi connectivity index (χ3v) is 10.4. The Morgan fingerprint density at radius 2 is 1.82 bits per heavy atom. The second-order valence-corrected chi connectivity index (χ2v) is 15.4. The van der Waals surface area contributed by atoms with Gasteiger partial charge in [-0.1, -0.05) is 39.0 Å². The van der Waals surface area contributed by atoms with Crippen molar-refractivity contribution in [1.82, 2.24) is 5.32 Å². The summed E-state index contributed by atoms with van der Waals surface area (Å²) in [6.07, 6.45) is 2.98. The number of aryl methyl sites for hydroxylation is 1. The Balaban J connectivity index is 1.89. The number of nitrogens with one attached hydrogen (secondary N) is 1. The minimum absolute atomic E-state index is 0.260. The molecule has 0 saturated heterocycles. The predicted molar refractivity (Wildman–Crippen MR) is 118 cm³/mol. The molecule has 1 amide bonds. The van der Waals surface area contributed by atoms with E-state index in [0.29, 0.717) is 12.5 Å². The maximum atomic E-state index is 11.8. The molecule has 0 heterocycles. The van der Waals surface area contributed by atoms with E-state index in [1.807, 2.05) is 20.8 Å². The van der Waals surface area contributed by atoms with Gasteiger partial charge in [-0.05, 0) is 80.8 Å². The monoisotopic (exact) mass is 405 g/mol. The minimum atomic E-state index is -1.68. The van der Waals surface area contributed by atoms with Crippen LogP contribution in [-0.4, -0.2) is 26.6 Å². The average Bonchev–Trinajstić information content (AvgIpc) is 2.55. The lowest BCUT2D eigenvalue weighted by atomic mass is 9.83. The SMILES string of the molecule is CC(C)(C)OC(=O)NCc1ccc2c(c1)CCC(CO[Si](C)(C)C(C)(C)C)C2. The molecule has 2 rings (SSSR count). The zero-order valence-electron chi connectivity index (χ0n) is 19.1. The molecule has 28 heavy (non-hydrogen) atoms. The zero-order chi connectivity index (χ0) is 21.2. The Bertz CT molecular complexity index is 686. The Labute approximate surface area is 172 Å². The first kappa shape index (κ1) is 23.0. The highest BCUT2D eigenvalue weighted by Crippen LogP contribution is 2.37. The van der Waals surface area contributed by atoms with Gasteiger partial charge in [-0.3, -0.25) is 0 Å². The Morgan fingerprint density at radius 3 is 2.43 bits per heavy atom. The molecule has 0 fully saturated rings. The molecule has 1 aromatic rings. The highest BCUT2D eigenvalue weighted by atomic mass is 28.4. The normalized spacial score (nSPS) is 17.8. The van der Waals surface area contributed by atoms with Gasteiger partial charge in [0.2, 0.25) is 0 Å². The van der Waals surface area contributed by atoms with E-state index in [2.05, 4.69) is 57.4 Å². The highest BCUT2D eigenvalue weighted by molar-refractivity contribution is 6.74. The molecule has 1 atom stereocenters. The molecular weight excluding hydrogens is 366 g/mol. The van der Waals surface area contributed by atoms with Gasteiger partial charge in [0.25, 0.3) is 0 Å². The molecule has 158 valence electrons. The molecule has 1 N–H and O–H groups in total. The molecule has 1 aliphatic carbocycles. The lowest BCUT2D eigenvalue weighted by Gasteiger charge is -2.38. The van der Waals surface area contributed by atoms with Crippen LogP contribution >= 0.6 is 0 Å². The van der Waals surface area contributed by atoms with Crippen molar-refractivity contribution in [3.63, 3.8) is 0 Å². The van der Waals surface area contributed by atoms with Gasteiger partial charge in [-0.25, -0.2) is 4.79 Å². The summed E-state index contributed by atoms with van der Waals surface area (Å²) >= 11 is 0. The van der Waals surface area contributed by atoms with Crippen LogP contribution < -0.4 is 5.32 Å². The summed E-state index contributed by atoms with van der Waals surface area (Å²) < 4.78 is 11.8. The molecule has 1 aromatic carbocycles. The average molecular weight is 406 g/mol. The topological polar surface area (TPSA) is 47.6 Å². The van der Waals surface area contributed by atoms with E-state index >= 15 is 0 Å².